The normalized spacial score (nSPS) is 13.1. The van der Waals surface area contributed by atoms with Crippen LogP contribution in [0.2, 0.25) is 0 Å². The van der Waals surface area contributed by atoms with Gasteiger partial charge in [0, 0.05) is 38.7 Å². The first-order valence-corrected chi connectivity index (χ1v) is 10.9. The molecule has 31 heavy (non-hydrogen) atoms. The Hall–Kier alpha value is -3.70. The van der Waals surface area contributed by atoms with Crippen molar-refractivity contribution in [1.82, 2.24) is 19.9 Å². The van der Waals surface area contributed by atoms with Crippen LogP contribution in [0.15, 0.2) is 78.9 Å². The fourth-order valence-corrected chi connectivity index (χ4v) is 4.54. The van der Waals surface area contributed by atoms with E-state index < -0.39 is 0 Å². The highest BCUT2D eigenvalue weighted by Crippen LogP contribution is 2.21. The Morgan fingerprint density at radius 3 is 1.90 bits per heavy atom. The van der Waals surface area contributed by atoms with Crippen LogP contribution in [0.3, 0.4) is 0 Å². The van der Waals surface area contributed by atoms with E-state index in [9.17, 15) is 0 Å². The third kappa shape index (κ3) is 3.33. The van der Waals surface area contributed by atoms with Crippen LogP contribution in [0.5, 0.6) is 0 Å². The first kappa shape index (κ1) is 18.1. The first-order chi connectivity index (χ1) is 15.2. The molecule has 4 aromatic heterocycles. The largest absolute Gasteiger partial charge is 0.355 e. The second kappa shape index (κ2) is 7.22. The molecule has 0 atom stereocenters. The molecule has 5 aromatic rings. The van der Waals surface area contributed by atoms with Crippen LogP contribution in [0, 0.1) is 0 Å². The molecule has 1 aliphatic heterocycles. The minimum absolute atomic E-state index is 0.991. The Labute approximate surface area is 186 Å². The smallest absolute Gasteiger partial charge is 0.0645 e. The number of benzene rings is 1. The van der Waals surface area contributed by atoms with Gasteiger partial charge in [-0.1, -0.05) is 30.3 Å². The van der Waals surface area contributed by atoms with Crippen LogP contribution in [-0.4, -0.2) is 19.9 Å². The summed E-state index contributed by atoms with van der Waals surface area (Å²) in [6.45, 7) is 0. The molecule has 0 saturated heterocycles. The molecule has 0 amide bonds. The zero-order valence-electron chi connectivity index (χ0n) is 16.5. The summed E-state index contributed by atoms with van der Waals surface area (Å²) >= 11 is 3.78. The molecular formula is C26H19BrN4. The Balaban J connectivity index is 1.71. The zero-order chi connectivity index (χ0) is 20.8. The fourth-order valence-electron chi connectivity index (χ4n) is 4.07. The average molecular weight is 467 g/mol. The van der Waals surface area contributed by atoms with Crippen molar-refractivity contribution in [2.45, 2.75) is 0 Å². The van der Waals surface area contributed by atoms with Crippen molar-refractivity contribution in [2.75, 3.05) is 0 Å². The summed E-state index contributed by atoms with van der Waals surface area (Å²) in [6.07, 6.45) is 4.23. The maximum absolute atomic E-state index is 3.78. The van der Waals surface area contributed by atoms with E-state index in [0.29, 0.717) is 0 Å². The lowest BCUT2D eigenvalue weighted by molar-refractivity contribution is 1.21. The van der Waals surface area contributed by atoms with Crippen LogP contribution in [0.25, 0.3) is 22.2 Å². The number of hydrogen-bond acceptors (Lipinski definition) is 0. The number of aromatic nitrogens is 4. The lowest BCUT2D eigenvalue weighted by Crippen LogP contribution is -2.16. The van der Waals surface area contributed by atoms with E-state index in [-0.39, 0.29) is 0 Å². The van der Waals surface area contributed by atoms with E-state index in [0.717, 1.165) is 59.8 Å². The molecule has 150 valence electrons. The number of nitrogens with one attached hydrogen (secondary N) is 4. The van der Waals surface area contributed by atoms with Gasteiger partial charge < -0.3 is 19.9 Å². The van der Waals surface area contributed by atoms with Gasteiger partial charge in [-0.2, -0.15) is 0 Å². The molecule has 6 rings (SSSR count). The summed E-state index contributed by atoms with van der Waals surface area (Å²) < 4.78 is 0.991. The van der Waals surface area contributed by atoms with Crippen molar-refractivity contribution in [1.29, 1.82) is 0 Å². The SMILES string of the molecule is BrC1=c2ccc([nH]2)=C(c2ccccc2)c2ccc([nH]2)C=c2ccc([nH]2)=Cc2ccc1[nH]2. The molecule has 0 unspecified atom stereocenters. The van der Waals surface area contributed by atoms with E-state index >= 15 is 0 Å². The lowest BCUT2D eigenvalue weighted by Gasteiger charge is -2.05. The fraction of sp³-hybridized carbons (Fsp3) is 0. The van der Waals surface area contributed by atoms with Gasteiger partial charge in [-0.3, -0.25) is 0 Å². The first-order valence-electron chi connectivity index (χ1n) is 10.1. The molecule has 0 fully saturated rings. The molecule has 1 aliphatic rings. The Morgan fingerprint density at radius 2 is 1.16 bits per heavy atom. The quantitative estimate of drug-likeness (QED) is 0.293. The van der Waals surface area contributed by atoms with Crippen LogP contribution in [0.4, 0.5) is 0 Å². The molecule has 0 aliphatic carbocycles. The van der Waals surface area contributed by atoms with E-state index in [2.05, 4.69) is 121 Å². The summed E-state index contributed by atoms with van der Waals surface area (Å²) in [7, 11) is 0. The van der Waals surface area contributed by atoms with Crippen molar-refractivity contribution >= 4 is 38.1 Å². The van der Waals surface area contributed by atoms with Gasteiger partial charge in [0.15, 0.2) is 0 Å². The molecule has 5 heterocycles. The molecule has 5 heteroatoms. The summed E-state index contributed by atoms with van der Waals surface area (Å²) in [5, 5.41) is 4.17. The second-order valence-corrected chi connectivity index (χ2v) is 8.45. The van der Waals surface area contributed by atoms with Gasteiger partial charge in [0.2, 0.25) is 0 Å². The van der Waals surface area contributed by atoms with Crippen molar-refractivity contribution in [2.24, 2.45) is 0 Å². The molecule has 0 spiro atoms. The van der Waals surface area contributed by atoms with Crippen molar-refractivity contribution in [3.05, 3.63) is 129 Å². The number of aromatic amines is 4. The minimum Gasteiger partial charge on any atom is -0.355 e. The van der Waals surface area contributed by atoms with Gasteiger partial charge >= 0.3 is 0 Å². The van der Waals surface area contributed by atoms with Gasteiger partial charge in [-0.15, -0.1) is 0 Å². The van der Waals surface area contributed by atoms with E-state index in [1.54, 1.807) is 0 Å². The molecule has 4 nitrogen and oxygen atoms in total. The van der Waals surface area contributed by atoms with Crippen molar-refractivity contribution < 1.29 is 0 Å². The highest BCUT2D eigenvalue weighted by atomic mass is 79.9. The van der Waals surface area contributed by atoms with Gasteiger partial charge in [-0.25, -0.2) is 0 Å². The standard InChI is InChI=1S/C26H19BrN4/c27-26-23-11-9-20(30-23)15-18-7-6-17(28-18)14-19-8-10-21(29-19)25(16-4-2-1-3-5-16)22-12-13-24(26)31-22/h1-15,28-31H. The Bertz CT molecular complexity index is 1640. The topological polar surface area (TPSA) is 63.2 Å². The molecule has 0 radical (unpaired) electrons. The van der Waals surface area contributed by atoms with Gasteiger partial charge in [0.05, 0.1) is 15.5 Å². The molecular weight excluding hydrogens is 448 g/mol. The maximum Gasteiger partial charge on any atom is 0.0645 e. The number of hydrogen-bond donors (Lipinski definition) is 4. The lowest BCUT2D eigenvalue weighted by atomic mass is 10.0. The number of H-pyrrole nitrogens is 4. The summed E-state index contributed by atoms with van der Waals surface area (Å²) in [4.78, 5) is 14.1. The monoisotopic (exact) mass is 466 g/mol. The number of halogens is 1. The molecule has 1 aromatic carbocycles. The van der Waals surface area contributed by atoms with Crippen LogP contribution in [-0.2, 0) is 0 Å². The zero-order valence-corrected chi connectivity index (χ0v) is 18.1. The summed E-state index contributed by atoms with van der Waals surface area (Å²) in [5.41, 5.74) is 6.46. The molecule has 4 N–H and O–H groups in total. The van der Waals surface area contributed by atoms with Crippen LogP contribution >= 0.6 is 15.9 Å². The summed E-state index contributed by atoms with van der Waals surface area (Å²) in [6, 6.07) is 27.3. The third-order valence-electron chi connectivity index (χ3n) is 5.53. The third-order valence-corrected chi connectivity index (χ3v) is 6.38. The van der Waals surface area contributed by atoms with Crippen molar-refractivity contribution in [3.63, 3.8) is 0 Å². The highest BCUT2D eigenvalue weighted by molar-refractivity contribution is 9.15. The molecule has 0 saturated carbocycles. The molecule has 8 bridgehead atoms. The van der Waals surface area contributed by atoms with Crippen LogP contribution in [0.1, 0.15) is 28.3 Å². The Morgan fingerprint density at radius 1 is 0.516 bits per heavy atom. The maximum atomic E-state index is 3.78. The number of fused-ring (bicyclic) bond motifs is 8. The van der Waals surface area contributed by atoms with Gasteiger partial charge in [0.1, 0.15) is 0 Å². The van der Waals surface area contributed by atoms with E-state index in [1.165, 1.54) is 0 Å². The summed E-state index contributed by atoms with van der Waals surface area (Å²) in [5.74, 6) is 0. The van der Waals surface area contributed by atoms with E-state index in [4.69, 9.17) is 0 Å². The Kier molecular flexibility index (Phi) is 4.21. The van der Waals surface area contributed by atoms with Gasteiger partial charge in [0.25, 0.3) is 0 Å². The predicted octanol–water partition coefficient (Wildman–Crippen LogP) is 2.77. The predicted molar refractivity (Wildman–Crippen MR) is 128 cm³/mol. The highest BCUT2D eigenvalue weighted by Gasteiger charge is 2.10. The minimum atomic E-state index is 0.991. The second-order valence-electron chi connectivity index (χ2n) is 7.65. The number of rotatable bonds is 1. The van der Waals surface area contributed by atoms with Crippen LogP contribution < -0.4 is 21.4 Å². The average Bonchev–Trinajstić information content (AvgIpc) is 3.58. The van der Waals surface area contributed by atoms with Gasteiger partial charge in [-0.05, 0) is 82.2 Å². The van der Waals surface area contributed by atoms with E-state index in [1.807, 2.05) is 6.07 Å². The van der Waals surface area contributed by atoms with Crippen molar-refractivity contribution in [3.8, 4) is 0 Å².